The zero-order valence-corrected chi connectivity index (χ0v) is 12.3. The molecule has 1 aliphatic rings. The third-order valence-corrected chi connectivity index (χ3v) is 4.05. The van der Waals surface area contributed by atoms with Gasteiger partial charge in [-0.25, -0.2) is 0 Å². The van der Waals surface area contributed by atoms with E-state index in [9.17, 15) is 10.1 Å². The van der Waals surface area contributed by atoms with Gasteiger partial charge in [0.2, 0.25) is 0 Å². The first-order valence-electron chi connectivity index (χ1n) is 6.41. The van der Waals surface area contributed by atoms with Crippen LogP contribution in [0.15, 0.2) is 46.9 Å². The Morgan fingerprint density at radius 2 is 1.90 bits per heavy atom. The van der Waals surface area contributed by atoms with E-state index in [-0.39, 0.29) is 16.7 Å². The third-order valence-electron chi connectivity index (χ3n) is 3.56. The average molecular weight is 333 g/mol. The van der Waals surface area contributed by atoms with Crippen molar-refractivity contribution in [1.82, 2.24) is 0 Å². The van der Waals surface area contributed by atoms with Gasteiger partial charge in [-0.2, -0.15) is 0 Å². The van der Waals surface area contributed by atoms with Crippen molar-refractivity contribution in [3.8, 4) is 0 Å². The molecule has 0 bridgehead atoms. The van der Waals surface area contributed by atoms with Crippen LogP contribution in [-0.4, -0.2) is 11.0 Å². The second kappa shape index (κ2) is 5.25. The zero-order chi connectivity index (χ0) is 14.1. The van der Waals surface area contributed by atoms with Crippen LogP contribution in [0.5, 0.6) is 0 Å². The summed E-state index contributed by atoms with van der Waals surface area (Å²) in [5.41, 5.74) is 3.33. The normalized spacial score (nSPS) is 16.8. The topological polar surface area (TPSA) is 55.2 Å². The summed E-state index contributed by atoms with van der Waals surface area (Å²) in [4.78, 5) is 10.7. The summed E-state index contributed by atoms with van der Waals surface area (Å²) in [7, 11) is 0. The largest absolute Gasteiger partial charge is 0.376 e. The molecule has 0 amide bonds. The van der Waals surface area contributed by atoms with E-state index in [1.165, 1.54) is 17.2 Å². The fourth-order valence-corrected chi connectivity index (χ4v) is 3.07. The average Bonchev–Trinajstić information content (AvgIpc) is 2.80. The molecule has 5 heteroatoms. The smallest absolute Gasteiger partial charge is 0.292 e. The maximum atomic E-state index is 11.0. The van der Waals surface area contributed by atoms with E-state index >= 15 is 0 Å². The second-order valence-electron chi connectivity index (χ2n) is 4.94. The number of hydrogen-bond acceptors (Lipinski definition) is 3. The van der Waals surface area contributed by atoms with Gasteiger partial charge in [-0.05, 0) is 42.2 Å². The van der Waals surface area contributed by atoms with Gasteiger partial charge in [-0.1, -0.05) is 34.1 Å². The highest BCUT2D eigenvalue weighted by Gasteiger charge is 2.23. The van der Waals surface area contributed by atoms with Crippen LogP contribution < -0.4 is 5.32 Å². The molecule has 3 rings (SSSR count). The number of anilines is 1. The molecule has 2 aromatic rings. The van der Waals surface area contributed by atoms with Crippen molar-refractivity contribution in [3.05, 3.63) is 68.2 Å². The molecular weight excluding hydrogens is 320 g/mol. The van der Waals surface area contributed by atoms with Crippen LogP contribution in [0.4, 0.5) is 11.4 Å². The molecular formula is C15H13BrN2O2. The first kappa shape index (κ1) is 13.1. The Hall–Kier alpha value is -1.88. The Morgan fingerprint density at radius 1 is 1.15 bits per heavy atom. The Balaban J connectivity index is 1.80. The van der Waals surface area contributed by atoms with E-state index in [2.05, 4.69) is 33.4 Å². The summed E-state index contributed by atoms with van der Waals surface area (Å²) < 4.78 is 1.07. The summed E-state index contributed by atoms with van der Waals surface area (Å²) in [6, 6.07) is 13.3. The lowest BCUT2D eigenvalue weighted by Crippen LogP contribution is -2.20. The minimum Gasteiger partial charge on any atom is -0.376 e. The van der Waals surface area contributed by atoms with Gasteiger partial charge < -0.3 is 5.32 Å². The van der Waals surface area contributed by atoms with Crippen LogP contribution in [0.1, 0.15) is 11.1 Å². The zero-order valence-electron chi connectivity index (χ0n) is 10.7. The molecule has 0 saturated heterocycles. The summed E-state index contributed by atoms with van der Waals surface area (Å²) in [6.07, 6.45) is 1.79. The van der Waals surface area contributed by atoms with E-state index in [0.717, 1.165) is 17.3 Å². The van der Waals surface area contributed by atoms with Gasteiger partial charge in [0.15, 0.2) is 0 Å². The minimum atomic E-state index is -0.346. The summed E-state index contributed by atoms with van der Waals surface area (Å²) in [5.74, 6) is 0. The van der Waals surface area contributed by atoms with Crippen LogP contribution in [-0.2, 0) is 12.8 Å². The number of fused-ring (bicyclic) bond motifs is 1. The molecule has 1 aliphatic carbocycles. The van der Waals surface area contributed by atoms with Gasteiger partial charge >= 0.3 is 0 Å². The maximum absolute atomic E-state index is 11.0. The van der Waals surface area contributed by atoms with Crippen LogP contribution in [0.3, 0.4) is 0 Å². The minimum absolute atomic E-state index is 0.129. The number of benzene rings is 2. The van der Waals surface area contributed by atoms with Crippen molar-refractivity contribution in [2.45, 2.75) is 18.9 Å². The van der Waals surface area contributed by atoms with E-state index < -0.39 is 0 Å². The Labute approximate surface area is 125 Å². The molecule has 0 fully saturated rings. The molecule has 0 spiro atoms. The number of nitro groups is 1. The van der Waals surface area contributed by atoms with Gasteiger partial charge in [0.05, 0.1) is 4.92 Å². The summed E-state index contributed by atoms with van der Waals surface area (Å²) in [5, 5.41) is 14.3. The molecule has 0 heterocycles. The van der Waals surface area contributed by atoms with Gasteiger partial charge in [-0.3, -0.25) is 10.1 Å². The lowest BCUT2D eigenvalue weighted by Gasteiger charge is -2.13. The highest BCUT2D eigenvalue weighted by molar-refractivity contribution is 9.10. The lowest BCUT2D eigenvalue weighted by atomic mass is 10.1. The molecule has 20 heavy (non-hydrogen) atoms. The predicted molar refractivity (Wildman–Crippen MR) is 82.1 cm³/mol. The van der Waals surface area contributed by atoms with Crippen molar-refractivity contribution in [2.24, 2.45) is 0 Å². The number of para-hydroxylation sites is 2. The highest BCUT2D eigenvalue weighted by atomic mass is 79.9. The van der Waals surface area contributed by atoms with Crippen LogP contribution >= 0.6 is 15.9 Å². The summed E-state index contributed by atoms with van der Waals surface area (Å²) >= 11 is 3.47. The number of hydrogen-bond donors (Lipinski definition) is 1. The van der Waals surface area contributed by atoms with Crippen LogP contribution in [0, 0.1) is 10.1 Å². The van der Waals surface area contributed by atoms with Gasteiger partial charge in [-0.15, -0.1) is 0 Å². The van der Waals surface area contributed by atoms with Gasteiger partial charge in [0, 0.05) is 16.6 Å². The van der Waals surface area contributed by atoms with Crippen molar-refractivity contribution >= 4 is 27.3 Å². The molecule has 0 aliphatic heterocycles. The lowest BCUT2D eigenvalue weighted by molar-refractivity contribution is -0.384. The van der Waals surface area contributed by atoms with E-state index in [0.29, 0.717) is 5.69 Å². The van der Waals surface area contributed by atoms with Gasteiger partial charge in [0.1, 0.15) is 5.69 Å². The quantitative estimate of drug-likeness (QED) is 0.684. The molecule has 1 unspecified atom stereocenters. The van der Waals surface area contributed by atoms with E-state index in [1.54, 1.807) is 12.1 Å². The Bertz CT molecular complexity index is 673. The fourth-order valence-electron chi connectivity index (χ4n) is 2.66. The number of nitro benzene ring substituents is 1. The molecule has 4 nitrogen and oxygen atoms in total. The highest BCUT2D eigenvalue weighted by Crippen LogP contribution is 2.30. The second-order valence-corrected chi connectivity index (χ2v) is 5.85. The molecule has 1 N–H and O–H groups in total. The first-order chi connectivity index (χ1) is 9.63. The number of nitrogens with one attached hydrogen (secondary N) is 1. The summed E-state index contributed by atoms with van der Waals surface area (Å²) in [6.45, 7) is 0. The fraction of sp³-hybridized carbons (Fsp3) is 0.200. The van der Waals surface area contributed by atoms with Crippen molar-refractivity contribution < 1.29 is 4.92 Å². The monoisotopic (exact) mass is 332 g/mol. The van der Waals surface area contributed by atoms with Crippen LogP contribution in [0.2, 0.25) is 0 Å². The van der Waals surface area contributed by atoms with Crippen molar-refractivity contribution in [3.63, 3.8) is 0 Å². The van der Waals surface area contributed by atoms with E-state index in [4.69, 9.17) is 0 Å². The molecule has 1 atom stereocenters. The van der Waals surface area contributed by atoms with Crippen LogP contribution in [0.25, 0.3) is 0 Å². The number of nitrogens with zero attached hydrogens (tertiary/aromatic N) is 1. The molecule has 0 aromatic heterocycles. The van der Waals surface area contributed by atoms with E-state index in [1.807, 2.05) is 12.1 Å². The maximum Gasteiger partial charge on any atom is 0.292 e. The number of halogens is 1. The predicted octanol–water partition coefficient (Wildman–Crippen LogP) is 3.94. The molecule has 0 saturated carbocycles. The van der Waals surface area contributed by atoms with Crippen molar-refractivity contribution in [2.75, 3.05) is 5.32 Å². The molecule has 0 radical (unpaired) electrons. The van der Waals surface area contributed by atoms with Gasteiger partial charge in [0.25, 0.3) is 5.69 Å². The SMILES string of the molecule is O=[N+]([O-])c1ccccc1NC1Cc2ccc(Br)cc2C1. The third kappa shape index (κ3) is 2.54. The molecule has 102 valence electrons. The first-order valence-corrected chi connectivity index (χ1v) is 7.20. The number of rotatable bonds is 3. The Kier molecular flexibility index (Phi) is 3.44. The Morgan fingerprint density at radius 3 is 2.70 bits per heavy atom. The molecule has 2 aromatic carbocycles. The standard InChI is InChI=1S/C15H13BrN2O2/c16-12-6-5-10-8-13(9-11(10)7-12)17-14-3-1-2-4-15(14)18(19)20/h1-7,13,17H,8-9H2. The van der Waals surface area contributed by atoms with Crippen molar-refractivity contribution in [1.29, 1.82) is 0 Å².